The lowest BCUT2D eigenvalue weighted by Gasteiger charge is -2.16. The molecule has 27 heavy (non-hydrogen) atoms. The monoisotopic (exact) mass is 388 g/mol. The number of anilines is 2. The number of carbonyl (C=O) groups is 3. The topological polar surface area (TPSA) is 84.9 Å². The number of nitrogens with zero attached hydrogens (tertiary/aromatic N) is 1. The molecule has 0 radical (unpaired) electrons. The molecule has 2 aromatic carbocycles. The molecular weight excluding hydrogens is 372 g/mol. The van der Waals surface area contributed by atoms with Gasteiger partial charge in [-0.05, 0) is 18.2 Å². The molecule has 0 unspecified atom stereocenters. The minimum absolute atomic E-state index is 0.178. The molecule has 0 saturated carbocycles. The van der Waals surface area contributed by atoms with E-state index in [0.29, 0.717) is 27.9 Å². The molecule has 1 N–H and O–H groups in total. The van der Waals surface area contributed by atoms with E-state index in [0.717, 1.165) is 4.90 Å². The largest absolute Gasteiger partial charge is 0.495 e. The normalized spacial score (nSPS) is 13.7. The highest BCUT2D eigenvalue weighted by molar-refractivity contribution is 6.32. The van der Waals surface area contributed by atoms with Crippen LogP contribution in [0, 0.1) is 0 Å². The van der Waals surface area contributed by atoms with Crippen LogP contribution in [0.4, 0.5) is 11.4 Å². The molecule has 0 atom stereocenters. The first kappa shape index (κ1) is 18.7. The van der Waals surface area contributed by atoms with Crippen LogP contribution in [0.5, 0.6) is 11.5 Å². The van der Waals surface area contributed by atoms with Gasteiger partial charge in [0, 0.05) is 30.5 Å². The van der Waals surface area contributed by atoms with Gasteiger partial charge in [-0.1, -0.05) is 17.7 Å². The lowest BCUT2D eigenvalue weighted by atomic mass is 10.1. The van der Waals surface area contributed by atoms with Crippen LogP contribution >= 0.6 is 11.6 Å². The second-order valence-electron chi connectivity index (χ2n) is 5.81. The Morgan fingerprint density at radius 1 is 1.04 bits per heavy atom. The van der Waals surface area contributed by atoms with E-state index < -0.39 is 5.91 Å². The van der Waals surface area contributed by atoms with E-state index in [1.54, 1.807) is 24.3 Å². The summed E-state index contributed by atoms with van der Waals surface area (Å²) >= 11 is 6.07. The van der Waals surface area contributed by atoms with Crippen molar-refractivity contribution >= 4 is 40.7 Å². The van der Waals surface area contributed by atoms with Crippen molar-refractivity contribution in [3.8, 4) is 11.5 Å². The van der Waals surface area contributed by atoms with E-state index in [2.05, 4.69) is 5.32 Å². The predicted octanol–water partition coefficient (Wildman–Crippen LogP) is 3.26. The van der Waals surface area contributed by atoms with Crippen LogP contribution in [0.15, 0.2) is 36.4 Å². The van der Waals surface area contributed by atoms with Gasteiger partial charge in [0.15, 0.2) is 0 Å². The zero-order valence-corrected chi connectivity index (χ0v) is 15.5. The second-order valence-corrected chi connectivity index (χ2v) is 6.22. The molecule has 0 aromatic heterocycles. The molecule has 0 bridgehead atoms. The fourth-order valence-electron chi connectivity index (χ4n) is 2.80. The van der Waals surface area contributed by atoms with Crippen molar-refractivity contribution in [2.24, 2.45) is 0 Å². The molecule has 0 aliphatic carbocycles. The van der Waals surface area contributed by atoms with Crippen LogP contribution in [-0.2, 0) is 9.59 Å². The number of rotatable bonds is 5. The summed E-state index contributed by atoms with van der Waals surface area (Å²) in [6.07, 6.45) is 0.355. The molecule has 1 heterocycles. The molecule has 140 valence electrons. The van der Waals surface area contributed by atoms with E-state index >= 15 is 0 Å². The number of hydrogen-bond donors (Lipinski definition) is 1. The van der Waals surface area contributed by atoms with Gasteiger partial charge in [0.2, 0.25) is 11.8 Å². The third-order valence-corrected chi connectivity index (χ3v) is 4.44. The molecule has 2 aromatic rings. The third-order valence-electron chi connectivity index (χ3n) is 4.14. The Morgan fingerprint density at radius 2 is 1.70 bits per heavy atom. The highest BCUT2D eigenvalue weighted by atomic mass is 35.5. The maximum atomic E-state index is 12.7. The highest BCUT2D eigenvalue weighted by Gasteiger charge is 2.30. The van der Waals surface area contributed by atoms with Crippen LogP contribution in [0.2, 0.25) is 5.02 Å². The first-order valence-corrected chi connectivity index (χ1v) is 8.51. The van der Waals surface area contributed by atoms with Crippen LogP contribution < -0.4 is 19.7 Å². The van der Waals surface area contributed by atoms with E-state index in [-0.39, 0.29) is 30.2 Å². The van der Waals surface area contributed by atoms with Crippen molar-refractivity contribution < 1.29 is 23.9 Å². The molecule has 1 fully saturated rings. The molecule has 1 aliphatic heterocycles. The minimum atomic E-state index is -0.432. The lowest BCUT2D eigenvalue weighted by molar-refractivity contribution is -0.121. The summed E-state index contributed by atoms with van der Waals surface area (Å²) in [6, 6.07) is 9.40. The average molecular weight is 389 g/mol. The van der Waals surface area contributed by atoms with Gasteiger partial charge in [-0.25, -0.2) is 0 Å². The van der Waals surface area contributed by atoms with Gasteiger partial charge in [0.1, 0.15) is 11.5 Å². The fraction of sp³-hybridized carbons (Fsp3) is 0.211. The van der Waals surface area contributed by atoms with Crippen LogP contribution in [-0.4, -0.2) is 31.9 Å². The number of imide groups is 1. The maximum Gasteiger partial charge on any atom is 0.255 e. The molecule has 7 nitrogen and oxygen atoms in total. The van der Waals surface area contributed by atoms with Crippen molar-refractivity contribution in [2.75, 3.05) is 24.4 Å². The second kappa shape index (κ2) is 7.67. The smallest absolute Gasteiger partial charge is 0.255 e. The molecular formula is C19H17ClN2O5. The van der Waals surface area contributed by atoms with Crippen molar-refractivity contribution in [3.05, 3.63) is 47.0 Å². The van der Waals surface area contributed by atoms with Gasteiger partial charge in [-0.3, -0.25) is 19.3 Å². The Labute approximate surface area is 160 Å². The minimum Gasteiger partial charge on any atom is -0.495 e. The van der Waals surface area contributed by atoms with Gasteiger partial charge in [0.25, 0.3) is 5.91 Å². The van der Waals surface area contributed by atoms with Gasteiger partial charge in [-0.2, -0.15) is 0 Å². The summed E-state index contributed by atoms with van der Waals surface area (Å²) < 4.78 is 10.4. The number of amides is 3. The van der Waals surface area contributed by atoms with Crippen LogP contribution in [0.1, 0.15) is 23.2 Å². The number of halogens is 1. The lowest BCUT2D eigenvalue weighted by Crippen LogP contribution is -2.28. The molecule has 3 amide bonds. The Hall–Kier alpha value is -3.06. The van der Waals surface area contributed by atoms with Crippen molar-refractivity contribution in [2.45, 2.75) is 12.8 Å². The summed E-state index contributed by atoms with van der Waals surface area (Å²) in [5.41, 5.74) is 1.04. The summed E-state index contributed by atoms with van der Waals surface area (Å²) in [5.74, 6) is -0.230. The summed E-state index contributed by atoms with van der Waals surface area (Å²) in [4.78, 5) is 37.6. The van der Waals surface area contributed by atoms with E-state index in [1.807, 2.05) is 0 Å². The number of hydrogen-bond acceptors (Lipinski definition) is 5. The highest BCUT2D eigenvalue weighted by Crippen LogP contribution is 2.36. The average Bonchev–Trinajstić information content (AvgIpc) is 3.01. The number of nitrogens with one attached hydrogen (secondary N) is 1. The Kier molecular flexibility index (Phi) is 5.32. The maximum absolute atomic E-state index is 12.7. The molecule has 1 saturated heterocycles. The van der Waals surface area contributed by atoms with Gasteiger partial charge in [-0.15, -0.1) is 0 Å². The summed E-state index contributed by atoms with van der Waals surface area (Å²) in [7, 11) is 2.92. The molecule has 8 heteroatoms. The van der Waals surface area contributed by atoms with E-state index in [4.69, 9.17) is 21.1 Å². The SMILES string of the molecule is COc1cc(NC(=O)c2cccc(N3C(=O)CCC3=O)c2)c(OC)cc1Cl. The van der Waals surface area contributed by atoms with Gasteiger partial charge in [0.05, 0.1) is 30.6 Å². The zero-order valence-electron chi connectivity index (χ0n) is 14.7. The zero-order chi connectivity index (χ0) is 19.6. The number of carbonyl (C=O) groups excluding carboxylic acids is 3. The number of methoxy groups -OCH3 is 2. The molecule has 0 spiro atoms. The van der Waals surface area contributed by atoms with Crippen LogP contribution in [0.25, 0.3) is 0 Å². The summed E-state index contributed by atoms with van der Waals surface area (Å²) in [6.45, 7) is 0. The first-order chi connectivity index (χ1) is 12.9. The standard InChI is InChI=1S/C19H17ClN2O5/c1-26-15-10-14(16(27-2)9-13(15)20)21-19(25)11-4-3-5-12(8-11)22-17(23)6-7-18(22)24/h3-5,8-10H,6-7H2,1-2H3,(H,21,25). The molecule has 1 aliphatic rings. The summed E-state index contributed by atoms with van der Waals surface area (Å²) in [5, 5.41) is 3.08. The van der Waals surface area contributed by atoms with Gasteiger partial charge >= 0.3 is 0 Å². The number of ether oxygens (including phenoxy) is 2. The third kappa shape index (κ3) is 3.73. The van der Waals surface area contributed by atoms with E-state index in [9.17, 15) is 14.4 Å². The van der Waals surface area contributed by atoms with Gasteiger partial charge < -0.3 is 14.8 Å². The predicted molar refractivity (Wildman–Crippen MR) is 101 cm³/mol. The quantitative estimate of drug-likeness (QED) is 0.794. The number of benzene rings is 2. The van der Waals surface area contributed by atoms with Crippen molar-refractivity contribution in [1.82, 2.24) is 0 Å². The Balaban J connectivity index is 1.88. The van der Waals surface area contributed by atoms with Crippen molar-refractivity contribution in [3.63, 3.8) is 0 Å². The van der Waals surface area contributed by atoms with Crippen molar-refractivity contribution in [1.29, 1.82) is 0 Å². The molecule has 3 rings (SSSR count). The first-order valence-electron chi connectivity index (χ1n) is 8.13. The Bertz CT molecular complexity index is 912. The fourth-order valence-corrected chi connectivity index (χ4v) is 3.03. The Morgan fingerprint density at radius 3 is 2.33 bits per heavy atom. The van der Waals surface area contributed by atoms with E-state index in [1.165, 1.54) is 26.4 Å². The van der Waals surface area contributed by atoms with Crippen LogP contribution in [0.3, 0.4) is 0 Å².